The van der Waals surface area contributed by atoms with Crippen LogP contribution in [0.1, 0.15) is 71.4 Å². The van der Waals surface area contributed by atoms with Gasteiger partial charge in [-0.1, -0.05) is 49.4 Å². The molecule has 3 aromatic rings. The second-order valence-electron chi connectivity index (χ2n) is 14.7. The molecular formula is C40H48N4O15. The Morgan fingerprint density at radius 2 is 1.58 bits per heavy atom. The number of carbonyl (C=O) groups is 6. The van der Waals surface area contributed by atoms with Crippen LogP contribution in [-0.4, -0.2) is 88.0 Å². The third-order valence-corrected chi connectivity index (χ3v) is 9.13. The zero-order valence-corrected chi connectivity index (χ0v) is 33.5. The molecule has 1 aliphatic heterocycles. The predicted molar refractivity (Wildman–Crippen MR) is 204 cm³/mol. The minimum atomic E-state index is -1.75. The van der Waals surface area contributed by atoms with Gasteiger partial charge in [0.15, 0.2) is 18.4 Å². The minimum Gasteiger partial charge on any atom is -0.467 e. The van der Waals surface area contributed by atoms with E-state index in [1.165, 1.54) is 31.2 Å². The van der Waals surface area contributed by atoms with E-state index < -0.39 is 108 Å². The van der Waals surface area contributed by atoms with Gasteiger partial charge in [-0.3, -0.25) is 33.5 Å². The van der Waals surface area contributed by atoms with Crippen LogP contribution >= 0.6 is 0 Å². The summed E-state index contributed by atoms with van der Waals surface area (Å²) in [4.78, 5) is 105. The highest BCUT2D eigenvalue weighted by molar-refractivity contribution is 5.90. The topological polar surface area (TPSA) is 257 Å². The molecular weight excluding hydrogens is 776 g/mol. The summed E-state index contributed by atoms with van der Waals surface area (Å²) in [7, 11) is 1.02. The number of aliphatic hydroxyl groups is 1. The number of hydrogen-bond donors (Lipinski definition) is 4. The van der Waals surface area contributed by atoms with Crippen molar-refractivity contribution < 1.29 is 62.3 Å². The van der Waals surface area contributed by atoms with Crippen molar-refractivity contribution in [2.45, 2.75) is 97.3 Å². The lowest BCUT2D eigenvalue weighted by atomic mass is 9.89. The first-order chi connectivity index (χ1) is 27.8. The molecule has 1 fully saturated rings. The van der Waals surface area contributed by atoms with Gasteiger partial charge in [-0.15, -0.1) is 0 Å². The number of aromatic nitrogens is 2. The van der Waals surface area contributed by atoms with E-state index in [1.807, 2.05) is 4.98 Å². The van der Waals surface area contributed by atoms with Gasteiger partial charge in [0.2, 0.25) is 5.91 Å². The third-order valence-electron chi connectivity index (χ3n) is 9.13. The van der Waals surface area contributed by atoms with Crippen LogP contribution in [0.5, 0.6) is 5.75 Å². The van der Waals surface area contributed by atoms with Crippen LogP contribution in [-0.2, 0) is 54.3 Å². The second-order valence-corrected chi connectivity index (χ2v) is 14.7. The Hall–Kier alpha value is -6.34. The number of alkyl carbamates (subject to hydrolysis) is 1. The van der Waals surface area contributed by atoms with E-state index in [1.54, 1.807) is 51.1 Å². The molecule has 2 amide bonds. The zero-order chi connectivity index (χ0) is 43.6. The van der Waals surface area contributed by atoms with Crippen molar-refractivity contribution in [1.29, 1.82) is 0 Å². The average molecular weight is 825 g/mol. The zero-order valence-electron chi connectivity index (χ0n) is 33.5. The summed E-state index contributed by atoms with van der Waals surface area (Å²) in [6.07, 6.45) is -7.87. The lowest BCUT2D eigenvalue weighted by Crippen LogP contribution is -2.61. The lowest BCUT2D eigenvalue weighted by molar-refractivity contribution is -0.229. The number of carbonyl (C=O) groups excluding carboxylic acids is 6. The highest BCUT2D eigenvalue weighted by atomic mass is 16.6. The van der Waals surface area contributed by atoms with E-state index in [2.05, 4.69) is 10.6 Å². The average Bonchev–Trinajstić information content (AvgIpc) is 3.18. The Morgan fingerprint density at radius 1 is 0.932 bits per heavy atom. The van der Waals surface area contributed by atoms with Gasteiger partial charge in [0.05, 0.1) is 24.7 Å². The highest BCUT2D eigenvalue weighted by Gasteiger charge is 2.49. The summed E-state index contributed by atoms with van der Waals surface area (Å²) in [5, 5.41) is 16.5. The summed E-state index contributed by atoms with van der Waals surface area (Å²) in [5.41, 5.74) is -1.67. The van der Waals surface area contributed by atoms with Gasteiger partial charge in [-0.2, -0.15) is 0 Å². The molecule has 0 bridgehead atoms. The number of H-pyrrole nitrogens is 1. The van der Waals surface area contributed by atoms with Crippen molar-refractivity contribution >= 4 is 35.9 Å². The number of hydrogen-bond acceptors (Lipinski definition) is 15. The summed E-state index contributed by atoms with van der Waals surface area (Å²) in [6, 6.07) is 12.1. The SMILES string of the molecule is COC(=O)[C@@H](NC(=O)[C@@H](NC(=O)OCc1ccccc1)[C@H](C)[C@H](O)c1ccc(OC(=O)C(C)(C)C)cc1)[C@@H]1C[C@@H](OC(C)=O)[C@@H](OC(C)=O)[C@H](n2ccc(=O)[nH]c2=O)O1. The van der Waals surface area contributed by atoms with Crippen LogP contribution < -0.4 is 26.6 Å². The third kappa shape index (κ3) is 12.3. The molecule has 318 valence electrons. The molecule has 59 heavy (non-hydrogen) atoms. The summed E-state index contributed by atoms with van der Waals surface area (Å²) in [5.74, 6) is -5.24. The molecule has 4 N–H and O–H groups in total. The van der Waals surface area contributed by atoms with Crippen LogP contribution in [0.25, 0.3) is 0 Å². The van der Waals surface area contributed by atoms with Crippen LogP contribution in [0.4, 0.5) is 4.79 Å². The van der Waals surface area contributed by atoms with Gasteiger partial charge in [-0.05, 0) is 44.0 Å². The number of nitrogens with one attached hydrogen (secondary N) is 3. The Bertz CT molecular complexity index is 2090. The molecule has 1 aliphatic rings. The van der Waals surface area contributed by atoms with Crippen molar-refractivity contribution in [2.24, 2.45) is 11.3 Å². The summed E-state index contributed by atoms with van der Waals surface area (Å²) >= 11 is 0. The van der Waals surface area contributed by atoms with Gasteiger partial charge < -0.3 is 44.2 Å². The summed E-state index contributed by atoms with van der Waals surface area (Å²) in [6.45, 7) is 8.46. The Morgan fingerprint density at radius 3 is 2.15 bits per heavy atom. The van der Waals surface area contributed by atoms with Crippen molar-refractivity contribution in [3.05, 3.63) is 98.8 Å². The fourth-order valence-electron chi connectivity index (χ4n) is 6.06. The van der Waals surface area contributed by atoms with Gasteiger partial charge in [0.1, 0.15) is 24.5 Å². The molecule has 8 atom stereocenters. The maximum atomic E-state index is 14.3. The monoisotopic (exact) mass is 824 g/mol. The molecule has 0 saturated carbocycles. The van der Waals surface area contributed by atoms with Crippen molar-refractivity contribution in [3.63, 3.8) is 0 Å². The van der Waals surface area contributed by atoms with Crippen LogP contribution in [0, 0.1) is 11.3 Å². The van der Waals surface area contributed by atoms with Gasteiger partial charge in [0.25, 0.3) is 5.56 Å². The molecule has 1 aromatic heterocycles. The van der Waals surface area contributed by atoms with E-state index in [0.717, 1.165) is 37.8 Å². The first-order valence-corrected chi connectivity index (χ1v) is 18.5. The fourth-order valence-corrected chi connectivity index (χ4v) is 6.06. The standard InChI is InChI=1S/C40H48N4O15/c1-21(32(48)25-13-15-26(16-14-25)58-37(51)40(4,5)6)30(43-39(53)55-20-24-11-9-8-10-12-24)34(49)42-31(36(50)54-7)27-19-28(56-22(2)45)33(57-23(3)46)35(59-27)44-18-17-29(47)41-38(44)52/h8-18,21,27-28,30-33,35,48H,19-20H2,1-7H3,(H,42,49)(H,43,53)(H,41,47,52)/t21-,27-,28+,30-,31-,32-,33+,35+/m0/s1. The first kappa shape index (κ1) is 45.4. The minimum absolute atomic E-state index is 0.181. The van der Waals surface area contributed by atoms with Crippen molar-refractivity contribution in [3.8, 4) is 5.75 Å². The second kappa shape index (κ2) is 19.9. The first-order valence-electron chi connectivity index (χ1n) is 18.5. The predicted octanol–water partition coefficient (Wildman–Crippen LogP) is 1.96. The van der Waals surface area contributed by atoms with Crippen molar-refractivity contribution in [2.75, 3.05) is 7.11 Å². The number of methoxy groups -OCH3 is 1. The molecule has 1 saturated heterocycles. The lowest BCUT2D eigenvalue weighted by Gasteiger charge is -2.42. The van der Waals surface area contributed by atoms with E-state index in [4.69, 9.17) is 28.4 Å². The smallest absolute Gasteiger partial charge is 0.408 e. The Kier molecular flexibility index (Phi) is 15.3. The van der Waals surface area contributed by atoms with E-state index in [9.17, 15) is 43.5 Å². The Balaban J connectivity index is 1.69. The number of esters is 4. The van der Waals surface area contributed by atoms with E-state index in [-0.39, 0.29) is 17.9 Å². The maximum Gasteiger partial charge on any atom is 0.408 e. The number of rotatable bonds is 14. The largest absolute Gasteiger partial charge is 0.467 e. The molecule has 0 unspecified atom stereocenters. The van der Waals surface area contributed by atoms with E-state index in [0.29, 0.717) is 5.56 Å². The number of ether oxygens (including phenoxy) is 6. The number of benzene rings is 2. The van der Waals surface area contributed by atoms with Crippen LogP contribution in [0.2, 0.25) is 0 Å². The number of aromatic amines is 1. The fraction of sp³-hybridized carbons (Fsp3) is 0.450. The maximum absolute atomic E-state index is 14.3. The molecule has 2 heterocycles. The molecule has 0 aliphatic carbocycles. The molecule has 2 aromatic carbocycles. The number of nitrogens with zero attached hydrogens (tertiary/aromatic N) is 1. The quantitative estimate of drug-likeness (QED) is 0.103. The number of aliphatic hydroxyl groups excluding tert-OH is 1. The number of amides is 2. The van der Waals surface area contributed by atoms with Crippen molar-refractivity contribution in [1.82, 2.24) is 20.2 Å². The van der Waals surface area contributed by atoms with E-state index >= 15 is 0 Å². The summed E-state index contributed by atoms with van der Waals surface area (Å²) < 4.78 is 33.7. The highest BCUT2D eigenvalue weighted by Crippen LogP contribution is 2.34. The molecule has 0 radical (unpaired) electrons. The molecule has 0 spiro atoms. The molecule has 4 rings (SSSR count). The van der Waals surface area contributed by atoms with Gasteiger partial charge >= 0.3 is 35.7 Å². The normalized spacial score (nSPS) is 19.7. The molecule has 19 nitrogen and oxygen atoms in total. The van der Waals surface area contributed by atoms with Gasteiger partial charge in [0, 0.05) is 38.4 Å². The molecule has 19 heteroatoms. The van der Waals surface area contributed by atoms with Gasteiger partial charge in [-0.25, -0.2) is 14.4 Å². The Labute approximate surface area is 338 Å². The van der Waals surface area contributed by atoms with Crippen LogP contribution in [0.15, 0.2) is 76.4 Å². The van der Waals surface area contributed by atoms with Crippen LogP contribution in [0.3, 0.4) is 0 Å².